The van der Waals surface area contributed by atoms with Crippen LogP contribution in [0.1, 0.15) is 6.42 Å². The van der Waals surface area contributed by atoms with Gasteiger partial charge in [0.05, 0.1) is 5.69 Å². The molecule has 4 heteroatoms. The minimum atomic E-state index is 0.776. The average Bonchev–Trinajstić information content (AvgIpc) is 2.46. The van der Waals surface area contributed by atoms with E-state index in [9.17, 15) is 0 Å². The standard InChI is InChI=1S/C11H14BrClN2/c12-10-8-9(13)2-3-11(10)15-6-1-4-14-5-7-15/h2-3,8,14H,1,4-7H2. The molecular formula is C11H14BrClN2. The lowest BCUT2D eigenvalue weighted by molar-refractivity contribution is 0.724. The van der Waals surface area contributed by atoms with Crippen LogP contribution >= 0.6 is 27.5 Å². The maximum Gasteiger partial charge on any atom is 0.0512 e. The Labute approximate surface area is 104 Å². The van der Waals surface area contributed by atoms with Crippen molar-refractivity contribution in [3.05, 3.63) is 27.7 Å². The van der Waals surface area contributed by atoms with Crippen LogP contribution in [0.25, 0.3) is 0 Å². The highest BCUT2D eigenvalue weighted by Crippen LogP contribution is 2.29. The van der Waals surface area contributed by atoms with E-state index in [0.29, 0.717) is 0 Å². The first-order valence-corrected chi connectivity index (χ1v) is 6.35. The summed E-state index contributed by atoms with van der Waals surface area (Å²) in [6.45, 7) is 4.32. The van der Waals surface area contributed by atoms with E-state index in [1.165, 1.54) is 12.1 Å². The fourth-order valence-electron chi connectivity index (χ4n) is 1.82. The second-order valence-corrected chi connectivity index (χ2v) is 4.98. The molecule has 1 aromatic rings. The number of halogens is 2. The predicted molar refractivity (Wildman–Crippen MR) is 68.9 cm³/mol. The van der Waals surface area contributed by atoms with E-state index >= 15 is 0 Å². The first-order chi connectivity index (χ1) is 7.27. The maximum absolute atomic E-state index is 5.93. The van der Waals surface area contributed by atoms with E-state index in [0.717, 1.165) is 35.7 Å². The smallest absolute Gasteiger partial charge is 0.0512 e. The highest BCUT2D eigenvalue weighted by atomic mass is 79.9. The topological polar surface area (TPSA) is 15.3 Å². The fourth-order valence-corrected chi connectivity index (χ4v) is 2.76. The minimum absolute atomic E-state index is 0.776. The molecule has 2 nitrogen and oxygen atoms in total. The summed E-state index contributed by atoms with van der Waals surface area (Å²) in [7, 11) is 0. The Kier molecular flexibility index (Phi) is 3.89. The van der Waals surface area contributed by atoms with Crippen molar-refractivity contribution in [2.75, 3.05) is 31.1 Å². The van der Waals surface area contributed by atoms with Gasteiger partial charge in [-0.05, 0) is 47.1 Å². The van der Waals surface area contributed by atoms with Gasteiger partial charge in [0.1, 0.15) is 0 Å². The van der Waals surface area contributed by atoms with Crippen molar-refractivity contribution in [3.63, 3.8) is 0 Å². The molecule has 0 atom stereocenters. The Bertz CT molecular complexity index is 335. The molecule has 2 rings (SSSR count). The molecule has 82 valence electrons. The monoisotopic (exact) mass is 288 g/mol. The van der Waals surface area contributed by atoms with Gasteiger partial charge in [0.25, 0.3) is 0 Å². The van der Waals surface area contributed by atoms with Gasteiger partial charge in [-0.15, -0.1) is 0 Å². The molecule has 0 aliphatic carbocycles. The van der Waals surface area contributed by atoms with E-state index in [1.807, 2.05) is 12.1 Å². The van der Waals surface area contributed by atoms with Crippen molar-refractivity contribution in [3.8, 4) is 0 Å². The minimum Gasteiger partial charge on any atom is -0.369 e. The molecule has 1 N–H and O–H groups in total. The molecule has 0 bridgehead atoms. The molecule has 1 fully saturated rings. The Hall–Kier alpha value is -0.250. The summed E-state index contributed by atoms with van der Waals surface area (Å²) >= 11 is 9.49. The van der Waals surface area contributed by atoms with Crippen LogP contribution in [0.15, 0.2) is 22.7 Å². The van der Waals surface area contributed by atoms with Gasteiger partial charge in [-0.3, -0.25) is 0 Å². The van der Waals surface area contributed by atoms with Crippen molar-refractivity contribution in [2.24, 2.45) is 0 Å². The quantitative estimate of drug-likeness (QED) is 0.855. The maximum atomic E-state index is 5.93. The van der Waals surface area contributed by atoms with Crippen LogP contribution in [0, 0.1) is 0 Å². The zero-order chi connectivity index (χ0) is 10.7. The largest absolute Gasteiger partial charge is 0.369 e. The summed E-state index contributed by atoms with van der Waals surface area (Å²) in [6.07, 6.45) is 1.19. The molecule has 1 heterocycles. The summed E-state index contributed by atoms with van der Waals surface area (Å²) in [6, 6.07) is 5.98. The highest BCUT2D eigenvalue weighted by molar-refractivity contribution is 9.10. The third-order valence-electron chi connectivity index (χ3n) is 2.59. The lowest BCUT2D eigenvalue weighted by Gasteiger charge is -2.23. The van der Waals surface area contributed by atoms with Crippen molar-refractivity contribution >= 4 is 33.2 Å². The van der Waals surface area contributed by atoms with Crippen LogP contribution in [0.2, 0.25) is 5.02 Å². The predicted octanol–water partition coefficient (Wildman–Crippen LogP) is 2.90. The van der Waals surface area contributed by atoms with Crippen LogP contribution in [0.3, 0.4) is 0 Å². The number of hydrogen-bond donors (Lipinski definition) is 1. The highest BCUT2D eigenvalue weighted by Gasteiger charge is 2.12. The van der Waals surface area contributed by atoms with Gasteiger partial charge in [-0.25, -0.2) is 0 Å². The molecule has 0 aromatic heterocycles. The van der Waals surface area contributed by atoms with E-state index in [-0.39, 0.29) is 0 Å². The van der Waals surface area contributed by atoms with Gasteiger partial charge >= 0.3 is 0 Å². The molecular weight excluding hydrogens is 275 g/mol. The molecule has 0 radical (unpaired) electrons. The van der Waals surface area contributed by atoms with Gasteiger partial charge in [-0.2, -0.15) is 0 Å². The van der Waals surface area contributed by atoms with Gasteiger partial charge in [0, 0.05) is 29.1 Å². The van der Waals surface area contributed by atoms with Gasteiger partial charge in [-0.1, -0.05) is 11.6 Å². The van der Waals surface area contributed by atoms with E-state index in [4.69, 9.17) is 11.6 Å². The van der Waals surface area contributed by atoms with Gasteiger partial charge in [0.2, 0.25) is 0 Å². The molecule has 1 aliphatic rings. The molecule has 0 unspecified atom stereocenters. The zero-order valence-electron chi connectivity index (χ0n) is 8.47. The zero-order valence-corrected chi connectivity index (χ0v) is 10.8. The number of nitrogens with zero attached hydrogens (tertiary/aromatic N) is 1. The SMILES string of the molecule is Clc1ccc(N2CCCNCC2)c(Br)c1. The molecule has 1 aromatic carbocycles. The Morgan fingerprint density at radius 3 is 2.93 bits per heavy atom. The molecule has 0 spiro atoms. The number of hydrogen-bond acceptors (Lipinski definition) is 2. The summed E-state index contributed by atoms with van der Waals surface area (Å²) in [5.41, 5.74) is 1.24. The number of benzene rings is 1. The van der Waals surface area contributed by atoms with Crippen LogP contribution in [0.5, 0.6) is 0 Å². The van der Waals surface area contributed by atoms with Crippen molar-refractivity contribution < 1.29 is 0 Å². The number of nitrogens with one attached hydrogen (secondary N) is 1. The normalized spacial score (nSPS) is 17.6. The first kappa shape index (κ1) is 11.2. The lowest BCUT2D eigenvalue weighted by Crippen LogP contribution is -2.28. The number of rotatable bonds is 1. The molecule has 0 saturated carbocycles. The molecule has 15 heavy (non-hydrogen) atoms. The summed E-state index contributed by atoms with van der Waals surface area (Å²) < 4.78 is 1.08. The van der Waals surface area contributed by atoms with Crippen LogP contribution in [0.4, 0.5) is 5.69 Å². The van der Waals surface area contributed by atoms with Crippen molar-refractivity contribution in [1.29, 1.82) is 0 Å². The van der Waals surface area contributed by atoms with E-state index in [1.54, 1.807) is 0 Å². The van der Waals surface area contributed by atoms with E-state index in [2.05, 4.69) is 32.2 Å². The fraction of sp³-hybridized carbons (Fsp3) is 0.455. The Morgan fingerprint density at radius 2 is 2.13 bits per heavy atom. The summed E-state index contributed by atoms with van der Waals surface area (Å²) in [5.74, 6) is 0. The van der Waals surface area contributed by atoms with Crippen LogP contribution < -0.4 is 10.2 Å². The number of anilines is 1. The van der Waals surface area contributed by atoms with E-state index < -0.39 is 0 Å². The second-order valence-electron chi connectivity index (χ2n) is 3.69. The lowest BCUT2D eigenvalue weighted by atomic mass is 10.2. The third kappa shape index (κ3) is 2.86. The second kappa shape index (κ2) is 5.19. The molecule has 1 aliphatic heterocycles. The van der Waals surface area contributed by atoms with Crippen molar-refractivity contribution in [2.45, 2.75) is 6.42 Å². The summed E-state index contributed by atoms with van der Waals surface area (Å²) in [4.78, 5) is 2.39. The third-order valence-corrected chi connectivity index (χ3v) is 3.46. The van der Waals surface area contributed by atoms with Crippen LogP contribution in [-0.2, 0) is 0 Å². The Balaban J connectivity index is 2.19. The van der Waals surface area contributed by atoms with Gasteiger partial charge in [0.15, 0.2) is 0 Å². The summed E-state index contributed by atoms with van der Waals surface area (Å²) in [5, 5.41) is 4.17. The average molecular weight is 290 g/mol. The van der Waals surface area contributed by atoms with Crippen LogP contribution in [-0.4, -0.2) is 26.2 Å². The van der Waals surface area contributed by atoms with Crippen molar-refractivity contribution in [1.82, 2.24) is 5.32 Å². The Morgan fingerprint density at radius 1 is 1.27 bits per heavy atom. The molecule has 1 saturated heterocycles. The molecule has 0 amide bonds. The van der Waals surface area contributed by atoms with Gasteiger partial charge < -0.3 is 10.2 Å². The first-order valence-electron chi connectivity index (χ1n) is 5.18.